The van der Waals surface area contributed by atoms with Crippen LogP contribution in [0.4, 0.5) is 0 Å². The minimum Gasteiger partial charge on any atom is -0.355 e. The van der Waals surface area contributed by atoms with Gasteiger partial charge in [0.25, 0.3) is 0 Å². The molecule has 0 spiro atoms. The Morgan fingerprint density at radius 1 is 0.966 bits per heavy atom. The van der Waals surface area contributed by atoms with Gasteiger partial charge in [0.2, 0.25) is 15.9 Å². The van der Waals surface area contributed by atoms with E-state index in [0.29, 0.717) is 6.54 Å². The van der Waals surface area contributed by atoms with Crippen LogP contribution in [0, 0.1) is 6.92 Å². The van der Waals surface area contributed by atoms with E-state index in [4.69, 9.17) is 0 Å². The van der Waals surface area contributed by atoms with Crippen LogP contribution in [0.3, 0.4) is 0 Å². The van der Waals surface area contributed by atoms with Gasteiger partial charge in [-0.25, -0.2) is 8.42 Å². The molecule has 0 aliphatic carbocycles. The second-order valence-corrected chi connectivity index (χ2v) is 9.26. The average molecular weight is 411 g/mol. The number of aryl methyl sites for hydroxylation is 2. The normalized spacial score (nSPS) is 11.7. The maximum absolute atomic E-state index is 12.8. The molecule has 152 valence electrons. The molecule has 3 rings (SSSR count). The Kier molecular flexibility index (Phi) is 6.67. The van der Waals surface area contributed by atoms with Gasteiger partial charge in [0.15, 0.2) is 0 Å². The lowest BCUT2D eigenvalue weighted by Gasteiger charge is -2.17. The molecule has 29 heavy (non-hydrogen) atoms. The summed E-state index contributed by atoms with van der Waals surface area (Å²) in [4.78, 5) is 12.4. The second-order valence-electron chi connectivity index (χ2n) is 7.21. The lowest BCUT2D eigenvalue weighted by Crippen LogP contribution is -2.38. The number of hydrogen-bond acceptors (Lipinski definition) is 3. The van der Waals surface area contributed by atoms with E-state index in [-0.39, 0.29) is 17.3 Å². The van der Waals surface area contributed by atoms with Crippen LogP contribution in [0.15, 0.2) is 71.6 Å². The summed E-state index contributed by atoms with van der Waals surface area (Å²) in [6.07, 6.45) is 1.67. The number of likely N-dealkylation sites (N-methyl/N-ethyl adjacent to an activating group) is 1. The third kappa shape index (κ3) is 5.43. The highest BCUT2D eigenvalue weighted by Gasteiger charge is 2.23. The highest BCUT2D eigenvalue weighted by atomic mass is 32.2. The first-order valence-electron chi connectivity index (χ1n) is 9.64. The van der Waals surface area contributed by atoms with Crippen LogP contribution in [0.25, 0.3) is 10.8 Å². The molecule has 0 heterocycles. The Morgan fingerprint density at radius 2 is 1.72 bits per heavy atom. The minimum atomic E-state index is -3.73. The van der Waals surface area contributed by atoms with Crippen molar-refractivity contribution in [2.24, 2.45) is 0 Å². The zero-order valence-corrected chi connectivity index (χ0v) is 17.6. The topological polar surface area (TPSA) is 66.5 Å². The predicted molar refractivity (Wildman–Crippen MR) is 116 cm³/mol. The molecule has 0 fully saturated rings. The molecule has 3 aromatic carbocycles. The Morgan fingerprint density at radius 3 is 2.48 bits per heavy atom. The molecule has 1 N–H and O–H groups in total. The van der Waals surface area contributed by atoms with Crippen LogP contribution in [-0.2, 0) is 21.2 Å². The molecular weight excluding hydrogens is 384 g/mol. The van der Waals surface area contributed by atoms with Gasteiger partial charge < -0.3 is 5.32 Å². The number of fused-ring (bicyclic) bond motifs is 1. The molecular formula is C23H26N2O3S. The number of benzene rings is 3. The molecule has 6 heteroatoms. The van der Waals surface area contributed by atoms with Gasteiger partial charge in [-0.2, -0.15) is 4.31 Å². The van der Waals surface area contributed by atoms with E-state index in [1.54, 1.807) is 18.2 Å². The van der Waals surface area contributed by atoms with E-state index >= 15 is 0 Å². The maximum Gasteiger partial charge on any atom is 0.243 e. The summed E-state index contributed by atoms with van der Waals surface area (Å²) in [5, 5.41) is 4.63. The lowest BCUT2D eigenvalue weighted by atomic mass is 10.1. The number of carbonyl (C=O) groups is 1. The van der Waals surface area contributed by atoms with E-state index in [2.05, 4.69) is 30.4 Å². The van der Waals surface area contributed by atoms with Crippen molar-refractivity contribution in [1.82, 2.24) is 9.62 Å². The SMILES string of the molecule is Cc1cccc(CCCNC(=O)CN(C)S(=O)(=O)c2ccc3ccccc3c2)c1. The van der Waals surface area contributed by atoms with Crippen molar-refractivity contribution >= 4 is 26.7 Å². The molecule has 0 radical (unpaired) electrons. The molecule has 0 atom stereocenters. The van der Waals surface area contributed by atoms with Gasteiger partial charge >= 0.3 is 0 Å². The van der Waals surface area contributed by atoms with Gasteiger partial charge in [0.05, 0.1) is 11.4 Å². The number of nitrogens with one attached hydrogen (secondary N) is 1. The number of hydrogen-bond donors (Lipinski definition) is 1. The van der Waals surface area contributed by atoms with Crippen molar-refractivity contribution in [2.45, 2.75) is 24.7 Å². The molecule has 0 aliphatic heterocycles. The third-order valence-electron chi connectivity index (χ3n) is 4.84. The first-order valence-corrected chi connectivity index (χ1v) is 11.1. The van der Waals surface area contributed by atoms with Crippen molar-refractivity contribution in [2.75, 3.05) is 20.1 Å². The highest BCUT2D eigenvalue weighted by Crippen LogP contribution is 2.21. The van der Waals surface area contributed by atoms with E-state index in [1.807, 2.05) is 30.3 Å². The average Bonchev–Trinajstić information content (AvgIpc) is 2.71. The molecule has 3 aromatic rings. The summed E-state index contributed by atoms with van der Waals surface area (Å²) in [5.74, 6) is -0.305. The fourth-order valence-corrected chi connectivity index (χ4v) is 4.40. The van der Waals surface area contributed by atoms with E-state index in [9.17, 15) is 13.2 Å². The first kappa shape index (κ1) is 21.0. The summed E-state index contributed by atoms with van der Waals surface area (Å²) in [5.41, 5.74) is 2.45. The standard InChI is InChI=1S/C23H26N2O3S/c1-18-7-5-8-19(15-18)9-6-14-24-23(26)17-25(2)29(27,28)22-13-12-20-10-3-4-11-21(20)16-22/h3-5,7-8,10-13,15-16H,6,9,14,17H2,1-2H3,(H,24,26). The van der Waals surface area contributed by atoms with Crippen molar-refractivity contribution in [3.63, 3.8) is 0 Å². The van der Waals surface area contributed by atoms with Gasteiger partial charge in [-0.15, -0.1) is 0 Å². The van der Waals surface area contributed by atoms with Crippen molar-refractivity contribution in [1.29, 1.82) is 0 Å². The Hall–Kier alpha value is -2.70. The van der Waals surface area contributed by atoms with Crippen LogP contribution < -0.4 is 5.32 Å². The van der Waals surface area contributed by atoms with Gasteiger partial charge in [-0.05, 0) is 48.2 Å². The van der Waals surface area contributed by atoms with Gasteiger partial charge in [0.1, 0.15) is 0 Å². The summed E-state index contributed by atoms with van der Waals surface area (Å²) in [7, 11) is -2.30. The van der Waals surface area contributed by atoms with Crippen molar-refractivity contribution < 1.29 is 13.2 Å². The number of sulfonamides is 1. The van der Waals surface area contributed by atoms with Crippen LogP contribution in [0.5, 0.6) is 0 Å². The van der Waals surface area contributed by atoms with Gasteiger partial charge in [-0.1, -0.05) is 60.2 Å². The smallest absolute Gasteiger partial charge is 0.243 e. The largest absolute Gasteiger partial charge is 0.355 e. The summed E-state index contributed by atoms with van der Waals surface area (Å²) in [6.45, 7) is 2.35. The van der Waals surface area contributed by atoms with E-state index in [0.717, 1.165) is 27.9 Å². The summed E-state index contributed by atoms with van der Waals surface area (Å²) in [6, 6.07) is 20.8. The van der Waals surface area contributed by atoms with Gasteiger partial charge in [0, 0.05) is 13.6 Å². The molecule has 0 bridgehead atoms. The number of carbonyl (C=O) groups excluding carboxylic acids is 1. The van der Waals surface area contributed by atoms with Crippen LogP contribution in [0.1, 0.15) is 17.5 Å². The summed E-state index contributed by atoms with van der Waals surface area (Å²) >= 11 is 0. The first-order chi connectivity index (χ1) is 13.9. The Labute approximate surface area is 172 Å². The second kappa shape index (κ2) is 9.20. The number of amides is 1. The van der Waals surface area contributed by atoms with Crippen molar-refractivity contribution in [3.05, 3.63) is 77.9 Å². The predicted octanol–water partition coefficient (Wildman–Crippen LogP) is 3.52. The number of rotatable bonds is 8. The maximum atomic E-state index is 12.8. The van der Waals surface area contributed by atoms with E-state index in [1.165, 1.54) is 18.2 Å². The van der Waals surface area contributed by atoms with E-state index < -0.39 is 10.0 Å². The molecule has 0 unspecified atom stereocenters. The zero-order valence-electron chi connectivity index (χ0n) is 16.8. The highest BCUT2D eigenvalue weighted by molar-refractivity contribution is 7.89. The van der Waals surface area contributed by atoms with Crippen molar-refractivity contribution in [3.8, 4) is 0 Å². The molecule has 0 saturated heterocycles. The van der Waals surface area contributed by atoms with Gasteiger partial charge in [-0.3, -0.25) is 4.79 Å². The molecule has 0 saturated carbocycles. The molecule has 0 aliphatic rings. The van der Waals surface area contributed by atoms with Crippen LogP contribution in [0.2, 0.25) is 0 Å². The monoisotopic (exact) mass is 410 g/mol. The Balaban J connectivity index is 1.53. The number of nitrogens with zero attached hydrogens (tertiary/aromatic N) is 1. The molecule has 0 aromatic heterocycles. The van der Waals surface area contributed by atoms with Crippen LogP contribution in [-0.4, -0.2) is 38.8 Å². The minimum absolute atomic E-state index is 0.186. The fraction of sp³-hybridized carbons (Fsp3) is 0.261. The van der Waals surface area contributed by atoms with Crippen LogP contribution >= 0.6 is 0 Å². The zero-order chi connectivity index (χ0) is 20.9. The Bertz CT molecular complexity index is 1110. The quantitative estimate of drug-likeness (QED) is 0.578. The summed E-state index contributed by atoms with van der Waals surface area (Å²) < 4.78 is 26.7. The molecule has 5 nitrogen and oxygen atoms in total. The third-order valence-corrected chi connectivity index (χ3v) is 6.64. The lowest BCUT2D eigenvalue weighted by molar-refractivity contribution is -0.121. The molecule has 1 amide bonds. The fourth-order valence-electron chi connectivity index (χ4n) is 3.24.